The third-order valence-electron chi connectivity index (χ3n) is 4.68. The van der Waals surface area contributed by atoms with Crippen LogP contribution in [-0.2, 0) is 13.0 Å². The smallest absolute Gasteiger partial charge is 0.213 e. The first-order valence-electron chi connectivity index (χ1n) is 9.98. The molecule has 0 spiro atoms. The zero-order chi connectivity index (χ0) is 21.1. The van der Waals surface area contributed by atoms with E-state index < -0.39 is 0 Å². The van der Waals surface area contributed by atoms with E-state index in [2.05, 4.69) is 45.3 Å². The predicted octanol–water partition coefficient (Wildman–Crippen LogP) is 3.59. The first kappa shape index (κ1) is 20.2. The van der Waals surface area contributed by atoms with Crippen LogP contribution in [0.1, 0.15) is 52.7 Å². The molecule has 0 saturated heterocycles. The van der Waals surface area contributed by atoms with E-state index in [9.17, 15) is 0 Å². The number of rotatable bonds is 8. The lowest BCUT2D eigenvalue weighted by atomic mass is 10.3. The summed E-state index contributed by atoms with van der Waals surface area (Å²) in [4.78, 5) is 4.50. The van der Waals surface area contributed by atoms with E-state index in [1.165, 1.54) is 0 Å². The normalized spacial score (nSPS) is 12.3. The van der Waals surface area contributed by atoms with Crippen LogP contribution >= 0.6 is 11.3 Å². The summed E-state index contributed by atoms with van der Waals surface area (Å²) in [7, 11) is 0. The number of aromatic nitrogens is 7. The Morgan fingerprint density at radius 3 is 2.73 bits per heavy atom. The number of hydrogen-bond donors (Lipinski definition) is 0. The average Bonchev–Trinajstić information content (AvgIpc) is 3.43. The van der Waals surface area contributed by atoms with E-state index in [0.29, 0.717) is 25.5 Å². The fraction of sp³-hybridized carbons (Fsp3) is 0.381. The van der Waals surface area contributed by atoms with Crippen LogP contribution in [0.4, 0.5) is 0 Å². The highest BCUT2D eigenvalue weighted by Crippen LogP contribution is 2.24. The van der Waals surface area contributed by atoms with Gasteiger partial charge in [0.25, 0.3) is 0 Å². The van der Waals surface area contributed by atoms with Gasteiger partial charge in [-0.3, -0.25) is 9.36 Å². The molecule has 4 rings (SSSR count). The SMILES string of the molecule is CCOc1cccc(Cn2ccc(Cc3nnc(C(C)n4nc(C)cc4C)s3)n2)n1. The monoisotopic (exact) mass is 423 g/mol. The zero-order valence-corrected chi connectivity index (χ0v) is 18.4. The Hall–Kier alpha value is -3.07. The van der Waals surface area contributed by atoms with E-state index in [0.717, 1.165) is 32.8 Å². The number of hydrogen-bond acceptors (Lipinski definition) is 7. The summed E-state index contributed by atoms with van der Waals surface area (Å²) in [5.74, 6) is 0.639. The molecule has 0 fully saturated rings. The highest BCUT2D eigenvalue weighted by Gasteiger charge is 2.17. The summed E-state index contributed by atoms with van der Waals surface area (Å²) in [6.07, 6.45) is 2.62. The summed E-state index contributed by atoms with van der Waals surface area (Å²) in [6.45, 7) is 9.30. The van der Waals surface area contributed by atoms with Crippen molar-refractivity contribution in [3.8, 4) is 5.88 Å². The van der Waals surface area contributed by atoms with Crippen LogP contribution in [0.5, 0.6) is 5.88 Å². The zero-order valence-electron chi connectivity index (χ0n) is 17.6. The van der Waals surface area contributed by atoms with Gasteiger partial charge in [0, 0.05) is 24.4 Å². The fourth-order valence-electron chi connectivity index (χ4n) is 3.33. The maximum atomic E-state index is 5.47. The molecule has 1 atom stereocenters. The molecule has 4 aromatic rings. The van der Waals surface area contributed by atoms with Gasteiger partial charge in [-0.15, -0.1) is 10.2 Å². The average molecular weight is 424 g/mol. The molecule has 0 aliphatic heterocycles. The molecule has 1 unspecified atom stereocenters. The van der Waals surface area contributed by atoms with Crippen molar-refractivity contribution in [2.75, 3.05) is 6.61 Å². The third kappa shape index (κ3) is 4.56. The van der Waals surface area contributed by atoms with Gasteiger partial charge in [-0.1, -0.05) is 17.4 Å². The Morgan fingerprint density at radius 1 is 1.10 bits per heavy atom. The first-order valence-corrected chi connectivity index (χ1v) is 10.8. The van der Waals surface area contributed by atoms with Gasteiger partial charge in [-0.2, -0.15) is 10.2 Å². The van der Waals surface area contributed by atoms with Gasteiger partial charge in [0.1, 0.15) is 16.1 Å². The quantitative estimate of drug-likeness (QED) is 0.431. The lowest BCUT2D eigenvalue weighted by Gasteiger charge is -2.10. The maximum Gasteiger partial charge on any atom is 0.213 e. The lowest BCUT2D eigenvalue weighted by molar-refractivity contribution is 0.325. The Labute approximate surface area is 179 Å². The number of nitrogens with zero attached hydrogens (tertiary/aromatic N) is 7. The van der Waals surface area contributed by atoms with Crippen molar-refractivity contribution >= 4 is 11.3 Å². The minimum absolute atomic E-state index is 0.0613. The third-order valence-corrected chi connectivity index (χ3v) is 5.77. The molecule has 30 heavy (non-hydrogen) atoms. The van der Waals surface area contributed by atoms with Crippen LogP contribution in [0.3, 0.4) is 0 Å². The standard InChI is InChI=1S/C21H25N7OS/c1-5-29-19-8-6-7-18(22-19)13-27-10-9-17(26-27)12-20-23-24-21(30-20)16(4)28-15(3)11-14(2)25-28/h6-11,16H,5,12-13H2,1-4H3. The van der Waals surface area contributed by atoms with Crippen molar-refractivity contribution in [3.05, 3.63) is 69.3 Å². The van der Waals surface area contributed by atoms with Crippen LogP contribution in [-0.4, -0.2) is 41.3 Å². The molecule has 0 aliphatic carbocycles. The van der Waals surface area contributed by atoms with E-state index >= 15 is 0 Å². The van der Waals surface area contributed by atoms with Gasteiger partial charge in [-0.05, 0) is 45.9 Å². The first-order chi connectivity index (χ1) is 14.5. The second kappa shape index (κ2) is 8.74. The van der Waals surface area contributed by atoms with Gasteiger partial charge in [0.15, 0.2) is 0 Å². The molecule has 156 valence electrons. The fourth-order valence-corrected chi connectivity index (χ4v) is 4.23. The lowest BCUT2D eigenvalue weighted by Crippen LogP contribution is -2.10. The second-order valence-corrected chi connectivity index (χ2v) is 8.26. The minimum atomic E-state index is 0.0613. The molecule has 9 heteroatoms. The van der Waals surface area contributed by atoms with Gasteiger partial charge < -0.3 is 4.74 Å². The topological polar surface area (TPSA) is 83.5 Å². The molecule has 4 heterocycles. The van der Waals surface area contributed by atoms with Crippen molar-refractivity contribution < 1.29 is 4.74 Å². The van der Waals surface area contributed by atoms with Crippen molar-refractivity contribution in [2.45, 2.75) is 46.7 Å². The van der Waals surface area contributed by atoms with Crippen molar-refractivity contribution in [3.63, 3.8) is 0 Å². The van der Waals surface area contributed by atoms with Crippen LogP contribution < -0.4 is 4.74 Å². The summed E-state index contributed by atoms with van der Waals surface area (Å²) in [5, 5.41) is 19.9. The van der Waals surface area contributed by atoms with Crippen molar-refractivity contribution in [1.82, 2.24) is 34.7 Å². The van der Waals surface area contributed by atoms with Gasteiger partial charge in [0.05, 0.1) is 30.2 Å². The minimum Gasteiger partial charge on any atom is -0.478 e. The van der Waals surface area contributed by atoms with Crippen molar-refractivity contribution in [1.29, 1.82) is 0 Å². The van der Waals surface area contributed by atoms with Gasteiger partial charge in [0.2, 0.25) is 5.88 Å². The molecular weight excluding hydrogens is 398 g/mol. The summed E-state index contributed by atoms with van der Waals surface area (Å²) in [6, 6.07) is 9.93. The Bertz CT molecular complexity index is 1130. The molecule has 0 aromatic carbocycles. The number of aryl methyl sites for hydroxylation is 2. The maximum absolute atomic E-state index is 5.47. The summed E-state index contributed by atoms with van der Waals surface area (Å²) >= 11 is 1.61. The van der Waals surface area contributed by atoms with Crippen LogP contribution in [0, 0.1) is 13.8 Å². The molecular formula is C21H25N7OS. The number of ether oxygens (including phenoxy) is 1. The van der Waals surface area contributed by atoms with Crippen LogP contribution in [0.2, 0.25) is 0 Å². The van der Waals surface area contributed by atoms with Crippen molar-refractivity contribution in [2.24, 2.45) is 0 Å². The van der Waals surface area contributed by atoms with E-state index in [4.69, 9.17) is 4.74 Å². The molecule has 0 bridgehead atoms. The largest absolute Gasteiger partial charge is 0.478 e. The number of pyridine rings is 1. The van der Waals surface area contributed by atoms with Gasteiger partial charge in [-0.25, -0.2) is 4.98 Å². The van der Waals surface area contributed by atoms with E-state index in [-0.39, 0.29) is 6.04 Å². The summed E-state index contributed by atoms with van der Waals surface area (Å²) < 4.78 is 9.35. The summed E-state index contributed by atoms with van der Waals surface area (Å²) in [5.41, 5.74) is 4.00. The predicted molar refractivity (Wildman–Crippen MR) is 115 cm³/mol. The molecule has 0 saturated carbocycles. The Morgan fingerprint density at radius 2 is 1.97 bits per heavy atom. The Kier molecular flexibility index (Phi) is 5.89. The Balaban J connectivity index is 1.42. The van der Waals surface area contributed by atoms with E-state index in [1.54, 1.807) is 11.3 Å². The molecule has 4 aromatic heterocycles. The molecule has 0 radical (unpaired) electrons. The molecule has 8 nitrogen and oxygen atoms in total. The van der Waals surface area contributed by atoms with E-state index in [1.807, 2.05) is 53.7 Å². The van der Waals surface area contributed by atoms with Crippen LogP contribution in [0.15, 0.2) is 36.5 Å². The molecule has 0 N–H and O–H groups in total. The highest BCUT2D eigenvalue weighted by atomic mass is 32.1. The molecule has 0 aliphatic rings. The second-order valence-electron chi connectivity index (χ2n) is 7.16. The molecule has 0 amide bonds. The highest BCUT2D eigenvalue weighted by molar-refractivity contribution is 7.11. The van der Waals surface area contributed by atoms with Crippen LogP contribution in [0.25, 0.3) is 0 Å². The van der Waals surface area contributed by atoms with Gasteiger partial charge >= 0.3 is 0 Å².